The third-order valence-electron chi connectivity index (χ3n) is 2.95. The maximum atomic E-state index is 12.1. The zero-order valence-corrected chi connectivity index (χ0v) is 12.9. The maximum Gasteiger partial charge on any atom is 0.336 e. The summed E-state index contributed by atoms with van der Waals surface area (Å²) in [6.07, 6.45) is 1.19. The van der Waals surface area contributed by atoms with Gasteiger partial charge in [0.1, 0.15) is 5.75 Å². The number of carboxylic acids is 1. The van der Waals surface area contributed by atoms with E-state index >= 15 is 0 Å². The van der Waals surface area contributed by atoms with E-state index < -0.39 is 27.5 Å². The lowest BCUT2D eigenvalue weighted by atomic mass is 10.1. The lowest BCUT2D eigenvalue weighted by molar-refractivity contribution is -0.118. The van der Waals surface area contributed by atoms with Gasteiger partial charge in [-0.05, 0) is 30.5 Å². The van der Waals surface area contributed by atoms with E-state index in [1.54, 1.807) is 6.92 Å². The molecule has 0 aliphatic heterocycles. The summed E-state index contributed by atoms with van der Waals surface area (Å²) in [5.41, 5.74) is 0.504. The van der Waals surface area contributed by atoms with Crippen LogP contribution in [-0.2, 0) is 21.1 Å². The normalized spacial score (nSPS) is 11.1. The molecule has 0 aliphatic carbocycles. The van der Waals surface area contributed by atoms with Crippen LogP contribution in [0.2, 0.25) is 0 Å². The van der Waals surface area contributed by atoms with Crippen molar-refractivity contribution in [2.45, 2.75) is 31.6 Å². The smallest absolute Gasteiger partial charge is 0.336 e. The summed E-state index contributed by atoms with van der Waals surface area (Å²) >= 11 is 0. The fourth-order valence-electron chi connectivity index (χ4n) is 1.83. The molecule has 2 N–H and O–H groups in total. The van der Waals surface area contributed by atoms with Crippen molar-refractivity contribution in [3.05, 3.63) is 29.3 Å². The van der Waals surface area contributed by atoms with E-state index in [2.05, 4.69) is 5.32 Å². The predicted molar refractivity (Wildman–Crippen MR) is 78.1 cm³/mol. The first kappa shape index (κ1) is 17.2. The van der Waals surface area contributed by atoms with Crippen molar-refractivity contribution in [3.63, 3.8) is 0 Å². The summed E-state index contributed by atoms with van der Waals surface area (Å²) in [6.45, 7) is 4.05. The van der Waals surface area contributed by atoms with Gasteiger partial charge in [-0.2, -0.15) is 0 Å². The first-order valence-electron chi connectivity index (χ1n) is 6.67. The number of rotatable bonds is 7. The largest absolute Gasteiger partial charge is 0.478 e. The molecule has 0 aliphatic rings. The first-order valence-corrected chi connectivity index (χ1v) is 8.32. The highest BCUT2D eigenvalue weighted by molar-refractivity contribution is 7.92. The number of hydrogen-bond acceptors (Lipinski definition) is 4. The maximum absolute atomic E-state index is 12.1. The van der Waals surface area contributed by atoms with Crippen LogP contribution in [0.4, 0.5) is 0 Å². The molecule has 0 bridgehead atoms. The van der Waals surface area contributed by atoms with E-state index in [9.17, 15) is 18.0 Å². The minimum absolute atomic E-state index is 0.0486. The lowest BCUT2D eigenvalue weighted by Gasteiger charge is -2.09. The Kier molecular flexibility index (Phi) is 5.90. The Balaban J connectivity index is 3.06. The summed E-state index contributed by atoms with van der Waals surface area (Å²) in [5, 5.41) is 11.6. The van der Waals surface area contributed by atoms with E-state index in [0.29, 0.717) is 24.9 Å². The van der Waals surface area contributed by atoms with Crippen LogP contribution in [0.25, 0.3) is 0 Å². The number of carbonyl (C=O) groups is 2. The molecule has 1 aromatic rings. The van der Waals surface area contributed by atoms with Gasteiger partial charge in [-0.3, -0.25) is 4.79 Å². The minimum Gasteiger partial charge on any atom is -0.478 e. The predicted octanol–water partition coefficient (Wildman–Crippen LogP) is 1.25. The van der Waals surface area contributed by atoms with Crippen molar-refractivity contribution in [1.82, 2.24) is 5.32 Å². The van der Waals surface area contributed by atoms with Gasteiger partial charge >= 0.3 is 5.97 Å². The molecule has 6 nitrogen and oxygen atoms in total. The summed E-state index contributed by atoms with van der Waals surface area (Å²) in [5.74, 6) is -2.45. The molecule has 0 saturated heterocycles. The average Bonchev–Trinajstić information content (AvgIpc) is 2.43. The summed E-state index contributed by atoms with van der Waals surface area (Å²) in [6, 6.07) is 3.93. The molecule has 0 heterocycles. The van der Waals surface area contributed by atoms with Gasteiger partial charge in [0, 0.05) is 6.54 Å². The van der Waals surface area contributed by atoms with E-state index in [4.69, 9.17) is 5.11 Å². The molecule has 0 fully saturated rings. The molecule has 0 atom stereocenters. The van der Waals surface area contributed by atoms with Crippen LogP contribution in [0.1, 0.15) is 36.2 Å². The van der Waals surface area contributed by atoms with Crippen LogP contribution in [-0.4, -0.2) is 37.7 Å². The molecule has 116 valence electrons. The highest BCUT2D eigenvalue weighted by Gasteiger charge is 2.21. The van der Waals surface area contributed by atoms with Gasteiger partial charge in [-0.1, -0.05) is 19.9 Å². The van der Waals surface area contributed by atoms with Crippen molar-refractivity contribution in [3.8, 4) is 0 Å². The first-order chi connectivity index (χ1) is 9.81. The Hall–Kier alpha value is -1.89. The molecule has 0 radical (unpaired) electrons. The number of carboxylic acid groups (broad SMARTS) is 1. The van der Waals surface area contributed by atoms with Crippen molar-refractivity contribution in [2.24, 2.45) is 0 Å². The third kappa shape index (κ3) is 4.56. The SMILES string of the molecule is CCCNC(=O)CS(=O)(=O)c1ccc(CC)c(C(=O)O)c1. The second-order valence-electron chi connectivity index (χ2n) is 4.59. The van der Waals surface area contributed by atoms with Gasteiger partial charge in [-0.15, -0.1) is 0 Å². The van der Waals surface area contributed by atoms with Gasteiger partial charge < -0.3 is 10.4 Å². The van der Waals surface area contributed by atoms with E-state index in [0.717, 1.165) is 6.07 Å². The molecule has 0 aromatic heterocycles. The van der Waals surface area contributed by atoms with Crippen LogP contribution in [0.5, 0.6) is 0 Å². The van der Waals surface area contributed by atoms with Crippen LogP contribution < -0.4 is 5.32 Å². The monoisotopic (exact) mass is 313 g/mol. The van der Waals surface area contributed by atoms with Crippen LogP contribution in [0, 0.1) is 0 Å². The average molecular weight is 313 g/mol. The number of hydrogen-bond donors (Lipinski definition) is 2. The van der Waals surface area contributed by atoms with E-state index in [1.807, 2.05) is 6.92 Å². The van der Waals surface area contributed by atoms with Crippen molar-refractivity contribution in [2.75, 3.05) is 12.3 Å². The second kappa shape index (κ2) is 7.21. The van der Waals surface area contributed by atoms with E-state index in [1.165, 1.54) is 12.1 Å². The van der Waals surface area contributed by atoms with Crippen LogP contribution in [0.3, 0.4) is 0 Å². The zero-order chi connectivity index (χ0) is 16.0. The van der Waals surface area contributed by atoms with Crippen LogP contribution >= 0.6 is 0 Å². The number of aromatic carboxylic acids is 1. The minimum atomic E-state index is -3.85. The van der Waals surface area contributed by atoms with Crippen molar-refractivity contribution in [1.29, 1.82) is 0 Å². The Labute approximate surface area is 124 Å². The molecule has 0 saturated carbocycles. The number of amides is 1. The number of sulfone groups is 1. The molecule has 7 heteroatoms. The Morgan fingerprint density at radius 3 is 2.43 bits per heavy atom. The highest BCUT2D eigenvalue weighted by atomic mass is 32.2. The highest BCUT2D eigenvalue weighted by Crippen LogP contribution is 2.18. The standard InChI is InChI=1S/C14H19NO5S/c1-3-7-15-13(16)9-21(19,20)11-6-5-10(4-2)12(8-11)14(17)18/h5-6,8H,3-4,7,9H2,1-2H3,(H,15,16)(H,17,18). The van der Waals surface area contributed by atoms with Gasteiger partial charge in [0.25, 0.3) is 0 Å². The fraction of sp³-hybridized carbons (Fsp3) is 0.429. The summed E-state index contributed by atoms with van der Waals surface area (Å²) in [7, 11) is -3.85. The number of carbonyl (C=O) groups excluding carboxylic acids is 1. The quantitative estimate of drug-likeness (QED) is 0.789. The van der Waals surface area contributed by atoms with Gasteiger partial charge in [0.15, 0.2) is 9.84 Å². The molecular weight excluding hydrogens is 294 g/mol. The summed E-state index contributed by atoms with van der Waals surface area (Å²) in [4.78, 5) is 22.5. The lowest BCUT2D eigenvalue weighted by Crippen LogP contribution is -2.30. The van der Waals surface area contributed by atoms with Gasteiger partial charge in [0.2, 0.25) is 5.91 Å². The van der Waals surface area contributed by atoms with Crippen molar-refractivity contribution >= 4 is 21.7 Å². The molecule has 1 rings (SSSR count). The molecule has 21 heavy (non-hydrogen) atoms. The third-order valence-corrected chi connectivity index (χ3v) is 4.56. The molecule has 0 unspecified atom stereocenters. The van der Waals surface area contributed by atoms with Crippen LogP contribution in [0.15, 0.2) is 23.1 Å². The van der Waals surface area contributed by atoms with Gasteiger partial charge in [-0.25, -0.2) is 13.2 Å². The topological polar surface area (TPSA) is 101 Å². The number of aryl methyl sites for hydroxylation is 1. The fourth-order valence-corrected chi connectivity index (χ4v) is 3.01. The Morgan fingerprint density at radius 1 is 1.24 bits per heavy atom. The zero-order valence-electron chi connectivity index (χ0n) is 12.0. The second-order valence-corrected chi connectivity index (χ2v) is 6.58. The number of nitrogens with one attached hydrogen (secondary N) is 1. The number of benzene rings is 1. The van der Waals surface area contributed by atoms with E-state index in [-0.39, 0.29) is 10.5 Å². The molecule has 1 aromatic carbocycles. The molecular formula is C14H19NO5S. The van der Waals surface area contributed by atoms with Gasteiger partial charge in [0.05, 0.1) is 10.5 Å². The molecule has 0 spiro atoms. The van der Waals surface area contributed by atoms with Crippen molar-refractivity contribution < 1.29 is 23.1 Å². The Morgan fingerprint density at radius 2 is 1.90 bits per heavy atom. The summed E-state index contributed by atoms with van der Waals surface area (Å²) < 4.78 is 24.3. The molecule has 1 amide bonds. The Bertz CT molecular complexity index is 637.